The fourth-order valence-corrected chi connectivity index (χ4v) is 2.27. The summed E-state index contributed by atoms with van der Waals surface area (Å²) in [5.74, 6) is -1.78. The van der Waals surface area contributed by atoms with Crippen LogP contribution in [0.2, 0.25) is 10.2 Å². The molecule has 0 spiro atoms. The predicted octanol–water partition coefficient (Wildman–Crippen LogP) is 4.57. The Kier molecular flexibility index (Phi) is 4.66. The van der Waals surface area contributed by atoms with Gasteiger partial charge in [0.1, 0.15) is 21.6 Å². The fourth-order valence-electron chi connectivity index (χ4n) is 1.47. The third-order valence-corrected chi connectivity index (χ3v) is 3.82. The Bertz CT molecular complexity index is 697. The van der Waals surface area contributed by atoms with Gasteiger partial charge in [-0.2, -0.15) is 0 Å². The van der Waals surface area contributed by atoms with Crippen molar-refractivity contribution in [3.05, 3.63) is 49.5 Å². The molecule has 4 nitrogen and oxygen atoms in total. The first kappa shape index (κ1) is 15.3. The van der Waals surface area contributed by atoms with Gasteiger partial charge in [0.25, 0.3) is 0 Å². The molecule has 0 bridgehead atoms. The summed E-state index contributed by atoms with van der Waals surface area (Å²) < 4.78 is 14.5. The maximum Gasteiger partial charge on any atom is 0.339 e. The third-order valence-electron chi connectivity index (χ3n) is 2.40. The molecule has 2 rings (SSSR count). The molecule has 0 amide bonds. The van der Waals surface area contributed by atoms with Crippen LogP contribution in [0.5, 0.6) is 0 Å². The SMILES string of the molecule is O=C(O)c1cnc(Cl)c(Cl)c1Nc1ccc(I)cc1F. The molecule has 1 aromatic heterocycles. The van der Waals surface area contributed by atoms with Gasteiger partial charge in [-0.25, -0.2) is 14.2 Å². The van der Waals surface area contributed by atoms with Crippen LogP contribution in [-0.2, 0) is 0 Å². The Balaban J connectivity index is 2.52. The molecule has 0 unspecified atom stereocenters. The van der Waals surface area contributed by atoms with Crippen LogP contribution in [0, 0.1) is 9.39 Å². The number of hydrogen-bond acceptors (Lipinski definition) is 3. The number of nitrogens with zero attached hydrogens (tertiary/aromatic N) is 1. The minimum Gasteiger partial charge on any atom is -0.478 e. The molecule has 0 fully saturated rings. The number of halogens is 4. The van der Waals surface area contributed by atoms with Crippen molar-refractivity contribution in [2.45, 2.75) is 0 Å². The second-order valence-corrected chi connectivity index (χ2v) is 5.69. The van der Waals surface area contributed by atoms with Gasteiger partial charge in [-0.3, -0.25) is 0 Å². The Labute approximate surface area is 137 Å². The van der Waals surface area contributed by atoms with Crippen LogP contribution in [0.3, 0.4) is 0 Å². The molecule has 0 aliphatic heterocycles. The van der Waals surface area contributed by atoms with Gasteiger partial charge in [-0.15, -0.1) is 0 Å². The van der Waals surface area contributed by atoms with E-state index in [4.69, 9.17) is 28.3 Å². The second-order valence-electron chi connectivity index (χ2n) is 3.71. The summed E-state index contributed by atoms with van der Waals surface area (Å²) in [7, 11) is 0. The lowest BCUT2D eigenvalue weighted by Gasteiger charge is -2.12. The molecule has 0 aliphatic carbocycles. The maximum atomic E-state index is 13.8. The molecule has 0 atom stereocenters. The van der Waals surface area contributed by atoms with Crippen molar-refractivity contribution in [3.63, 3.8) is 0 Å². The van der Waals surface area contributed by atoms with Crippen LogP contribution in [0.1, 0.15) is 10.4 Å². The van der Waals surface area contributed by atoms with Crippen molar-refractivity contribution in [1.82, 2.24) is 4.98 Å². The monoisotopic (exact) mass is 426 g/mol. The molecule has 2 aromatic rings. The molecule has 0 aliphatic rings. The van der Waals surface area contributed by atoms with E-state index in [0.29, 0.717) is 3.57 Å². The molecular formula is C12H6Cl2FIN2O2. The highest BCUT2D eigenvalue weighted by Gasteiger charge is 2.18. The lowest BCUT2D eigenvalue weighted by Crippen LogP contribution is -2.06. The van der Waals surface area contributed by atoms with Crippen molar-refractivity contribution < 1.29 is 14.3 Å². The van der Waals surface area contributed by atoms with Gasteiger partial charge in [-0.05, 0) is 40.8 Å². The molecule has 1 aromatic carbocycles. The Morgan fingerprint density at radius 2 is 2.10 bits per heavy atom. The molecule has 104 valence electrons. The topological polar surface area (TPSA) is 62.2 Å². The smallest absolute Gasteiger partial charge is 0.339 e. The van der Waals surface area contributed by atoms with E-state index >= 15 is 0 Å². The number of aromatic carboxylic acids is 1. The summed E-state index contributed by atoms with van der Waals surface area (Å²) in [5.41, 5.74) is -0.103. The van der Waals surface area contributed by atoms with Gasteiger partial charge in [0.15, 0.2) is 0 Å². The van der Waals surface area contributed by atoms with Crippen molar-refractivity contribution in [1.29, 1.82) is 0 Å². The van der Waals surface area contributed by atoms with Crippen LogP contribution in [0.15, 0.2) is 24.4 Å². The van der Waals surface area contributed by atoms with Crippen LogP contribution in [0.25, 0.3) is 0 Å². The lowest BCUT2D eigenvalue weighted by atomic mass is 10.2. The second kappa shape index (κ2) is 6.11. The number of hydrogen-bond donors (Lipinski definition) is 2. The molecule has 2 N–H and O–H groups in total. The molecule has 8 heteroatoms. The summed E-state index contributed by atoms with van der Waals surface area (Å²) >= 11 is 13.6. The zero-order valence-corrected chi connectivity index (χ0v) is 13.3. The fraction of sp³-hybridized carbons (Fsp3) is 0. The number of rotatable bonds is 3. The molecule has 20 heavy (non-hydrogen) atoms. The van der Waals surface area contributed by atoms with E-state index < -0.39 is 11.8 Å². The standard InChI is InChI=1S/C12H6Cl2FIN2O2/c13-9-10(6(12(19)20)4-17-11(9)14)18-8-2-1-5(16)3-7(8)15/h1-4H,(H,17,18)(H,19,20). The number of nitrogens with one attached hydrogen (secondary N) is 1. The van der Waals surface area contributed by atoms with E-state index in [9.17, 15) is 9.18 Å². The van der Waals surface area contributed by atoms with Gasteiger partial charge in [-0.1, -0.05) is 23.2 Å². The van der Waals surface area contributed by atoms with E-state index in [1.165, 1.54) is 12.1 Å². The van der Waals surface area contributed by atoms with Gasteiger partial charge in [0.05, 0.1) is 11.4 Å². The average Bonchev–Trinajstić information content (AvgIpc) is 2.37. The van der Waals surface area contributed by atoms with Crippen LogP contribution < -0.4 is 5.32 Å². The van der Waals surface area contributed by atoms with Gasteiger partial charge in [0, 0.05) is 9.77 Å². The minimum atomic E-state index is -1.25. The third kappa shape index (κ3) is 3.13. The van der Waals surface area contributed by atoms with E-state index in [1.54, 1.807) is 6.07 Å². The molecule has 0 saturated heterocycles. The van der Waals surface area contributed by atoms with Crippen molar-refractivity contribution in [2.75, 3.05) is 5.32 Å². The molecular weight excluding hydrogens is 421 g/mol. The number of carboxylic acids is 1. The zero-order valence-electron chi connectivity index (χ0n) is 9.62. The van der Waals surface area contributed by atoms with Crippen LogP contribution in [0.4, 0.5) is 15.8 Å². The first-order valence-corrected chi connectivity index (χ1v) is 7.03. The lowest BCUT2D eigenvalue weighted by molar-refractivity contribution is 0.0697. The van der Waals surface area contributed by atoms with Gasteiger partial charge >= 0.3 is 5.97 Å². The number of aromatic nitrogens is 1. The first-order chi connectivity index (χ1) is 9.40. The normalized spacial score (nSPS) is 10.4. The molecule has 0 saturated carbocycles. The zero-order chi connectivity index (χ0) is 14.9. The summed E-state index contributed by atoms with van der Waals surface area (Å²) in [5, 5.41) is 11.6. The van der Waals surface area contributed by atoms with E-state index in [0.717, 1.165) is 6.20 Å². The van der Waals surface area contributed by atoms with E-state index in [-0.39, 0.29) is 27.1 Å². The molecule has 0 radical (unpaired) electrons. The highest BCUT2D eigenvalue weighted by Crippen LogP contribution is 2.34. The predicted molar refractivity (Wildman–Crippen MR) is 83.6 cm³/mol. The Hall–Kier alpha value is -1.12. The number of anilines is 2. The Morgan fingerprint density at radius 3 is 2.70 bits per heavy atom. The maximum absolute atomic E-state index is 13.8. The van der Waals surface area contributed by atoms with Crippen molar-refractivity contribution >= 4 is 63.1 Å². The first-order valence-electron chi connectivity index (χ1n) is 5.19. The summed E-state index contributed by atoms with van der Waals surface area (Å²) in [6.07, 6.45) is 1.06. The Morgan fingerprint density at radius 1 is 1.40 bits per heavy atom. The quantitative estimate of drug-likeness (QED) is 0.557. The van der Waals surface area contributed by atoms with Gasteiger partial charge in [0.2, 0.25) is 0 Å². The summed E-state index contributed by atoms with van der Waals surface area (Å²) in [6, 6.07) is 4.45. The highest BCUT2D eigenvalue weighted by molar-refractivity contribution is 14.1. The van der Waals surface area contributed by atoms with Crippen molar-refractivity contribution in [3.8, 4) is 0 Å². The van der Waals surface area contributed by atoms with Crippen LogP contribution in [-0.4, -0.2) is 16.1 Å². The van der Waals surface area contributed by atoms with Gasteiger partial charge < -0.3 is 10.4 Å². The number of carboxylic acid groups (broad SMARTS) is 1. The number of pyridine rings is 1. The van der Waals surface area contributed by atoms with E-state index in [2.05, 4.69) is 10.3 Å². The minimum absolute atomic E-state index is 0.000671. The number of benzene rings is 1. The molecule has 1 heterocycles. The van der Waals surface area contributed by atoms with Crippen LogP contribution >= 0.6 is 45.8 Å². The largest absolute Gasteiger partial charge is 0.478 e. The summed E-state index contributed by atoms with van der Waals surface area (Å²) in [4.78, 5) is 14.8. The average molecular weight is 427 g/mol. The highest BCUT2D eigenvalue weighted by atomic mass is 127. The number of carbonyl (C=O) groups is 1. The summed E-state index contributed by atoms with van der Waals surface area (Å²) in [6.45, 7) is 0. The van der Waals surface area contributed by atoms with E-state index in [1.807, 2.05) is 22.6 Å². The van der Waals surface area contributed by atoms with Crippen molar-refractivity contribution in [2.24, 2.45) is 0 Å².